The summed E-state index contributed by atoms with van der Waals surface area (Å²) in [7, 11) is 0. The molecule has 0 bridgehead atoms. The summed E-state index contributed by atoms with van der Waals surface area (Å²) in [6.07, 6.45) is 15.7. The van der Waals surface area contributed by atoms with Gasteiger partial charge >= 0.3 is 0 Å². The van der Waals surface area contributed by atoms with Crippen LogP contribution >= 0.6 is 0 Å². The van der Waals surface area contributed by atoms with E-state index >= 15 is 0 Å². The molecule has 0 amide bonds. The second-order valence-electron chi connectivity index (χ2n) is 4.21. The molecule has 0 aromatic heterocycles. The Labute approximate surface area is 90.8 Å². The number of hydrogen-bond acceptors (Lipinski definition) is 0. The van der Waals surface area contributed by atoms with Gasteiger partial charge in [0.05, 0.1) is 0 Å². The van der Waals surface area contributed by atoms with E-state index in [4.69, 9.17) is 0 Å². The maximum atomic E-state index is 2.42. The first-order valence-corrected chi connectivity index (χ1v) is 6.51. The van der Waals surface area contributed by atoms with Crippen molar-refractivity contribution in [2.45, 2.75) is 72.1 Å². The van der Waals surface area contributed by atoms with Crippen molar-refractivity contribution in [1.82, 2.24) is 0 Å². The zero-order valence-corrected chi connectivity index (χ0v) is 10.4. The van der Waals surface area contributed by atoms with Crippen LogP contribution in [0.4, 0.5) is 0 Å². The number of unbranched alkanes of at least 4 members (excludes halogenated alkanes) is 5. The largest absolute Gasteiger partial charge is 0.0883 e. The van der Waals surface area contributed by atoms with Crippen molar-refractivity contribution >= 4 is 0 Å². The zero-order valence-electron chi connectivity index (χ0n) is 10.4. The van der Waals surface area contributed by atoms with Gasteiger partial charge in [-0.1, -0.05) is 58.6 Å². The minimum Gasteiger partial charge on any atom is -0.0883 e. The molecular formula is C14H28. The van der Waals surface area contributed by atoms with Gasteiger partial charge in [-0.3, -0.25) is 0 Å². The summed E-state index contributed by atoms with van der Waals surface area (Å²) in [5, 5.41) is 0. The highest BCUT2D eigenvalue weighted by Crippen LogP contribution is 2.11. The molecule has 0 fully saturated rings. The Hall–Kier alpha value is -0.260. The summed E-state index contributed by atoms with van der Waals surface area (Å²) in [5.41, 5.74) is 0. The molecule has 0 unspecified atom stereocenters. The summed E-state index contributed by atoms with van der Waals surface area (Å²) in [4.78, 5) is 0. The Morgan fingerprint density at radius 3 is 2.07 bits per heavy atom. The molecule has 0 aliphatic carbocycles. The molecule has 84 valence electrons. The predicted molar refractivity (Wildman–Crippen MR) is 66.6 cm³/mol. The quantitative estimate of drug-likeness (QED) is 0.345. The lowest BCUT2D eigenvalue weighted by Gasteiger charge is -2.04. The third-order valence-electron chi connectivity index (χ3n) is 2.93. The summed E-state index contributed by atoms with van der Waals surface area (Å²) in [5.74, 6) is 0.825. The smallest absolute Gasteiger partial charge is 0.0239 e. The molecule has 0 saturated heterocycles. The van der Waals surface area contributed by atoms with E-state index in [1.807, 2.05) is 0 Å². The Morgan fingerprint density at radius 2 is 1.50 bits per heavy atom. The van der Waals surface area contributed by atoms with Crippen molar-refractivity contribution in [3.05, 3.63) is 12.2 Å². The lowest BCUT2D eigenvalue weighted by molar-refractivity contribution is 0.599. The van der Waals surface area contributed by atoms with E-state index in [1.54, 1.807) is 0 Å². The fourth-order valence-corrected chi connectivity index (χ4v) is 1.72. The Morgan fingerprint density at radius 1 is 0.857 bits per heavy atom. The topological polar surface area (TPSA) is 0 Å². The third kappa shape index (κ3) is 8.34. The van der Waals surface area contributed by atoms with Crippen LogP contribution in [0, 0.1) is 5.92 Å². The number of allylic oxidation sites excluding steroid dienone is 2. The number of hydrogen-bond donors (Lipinski definition) is 0. The van der Waals surface area contributed by atoms with Gasteiger partial charge in [-0.05, 0) is 31.6 Å². The molecule has 0 radical (unpaired) electrons. The second kappa shape index (κ2) is 10.8. The first-order chi connectivity index (χ1) is 6.85. The summed E-state index contributed by atoms with van der Waals surface area (Å²) in [6.45, 7) is 6.83. The van der Waals surface area contributed by atoms with E-state index in [9.17, 15) is 0 Å². The van der Waals surface area contributed by atoms with Gasteiger partial charge in [0.25, 0.3) is 0 Å². The van der Waals surface area contributed by atoms with Gasteiger partial charge in [0.2, 0.25) is 0 Å². The van der Waals surface area contributed by atoms with Crippen molar-refractivity contribution < 1.29 is 0 Å². The van der Waals surface area contributed by atoms with E-state index in [1.165, 1.54) is 51.4 Å². The predicted octanol–water partition coefficient (Wildman–Crippen LogP) is 5.34. The van der Waals surface area contributed by atoms with E-state index in [-0.39, 0.29) is 0 Å². The van der Waals surface area contributed by atoms with Crippen molar-refractivity contribution in [3.63, 3.8) is 0 Å². The summed E-state index contributed by atoms with van der Waals surface area (Å²) >= 11 is 0. The lowest BCUT2D eigenvalue weighted by atomic mass is 10.0. The monoisotopic (exact) mass is 196 g/mol. The lowest BCUT2D eigenvalue weighted by Crippen LogP contribution is -1.90. The third-order valence-corrected chi connectivity index (χ3v) is 2.93. The van der Waals surface area contributed by atoms with Crippen molar-refractivity contribution in [1.29, 1.82) is 0 Å². The average Bonchev–Trinajstić information content (AvgIpc) is 2.22. The molecule has 0 atom stereocenters. The van der Waals surface area contributed by atoms with Crippen LogP contribution in [-0.2, 0) is 0 Å². The van der Waals surface area contributed by atoms with E-state index in [0.717, 1.165) is 5.92 Å². The first kappa shape index (κ1) is 13.7. The molecule has 0 aliphatic rings. The van der Waals surface area contributed by atoms with E-state index in [0.29, 0.717) is 0 Å². The van der Waals surface area contributed by atoms with Crippen LogP contribution in [0.15, 0.2) is 12.2 Å². The Kier molecular flexibility index (Phi) is 10.6. The highest BCUT2D eigenvalue weighted by atomic mass is 14.0. The minimum atomic E-state index is 0.825. The Bertz CT molecular complexity index is 120. The van der Waals surface area contributed by atoms with Crippen molar-refractivity contribution in [2.24, 2.45) is 5.92 Å². The van der Waals surface area contributed by atoms with Gasteiger partial charge in [-0.15, -0.1) is 0 Å². The van der Waals surface area contributed by atoms with Gasteiger partial charge in [0.1, 0.15) is 0 Å². The first-order valence-electron chi connectivity index (χ1n) is 6.51. The van der Waals surface area contributed by atoms with Gasteiger partial charge in [0.15, 0.2) is 0 Å². The maximum Gasteiger partial charge on any atom is -0.0239 e. The molecule has 0 rings (SSSR count). The van der Waals surface area contributed by atoms with Gasteiger partial charge in [0, 0.05) is 0 Å². The molecule has 0 spiro atoms. The molecule has 14 heavy (non-hydrogen) atoms. The number of rotatable bonds is 9. The fraction of sp³-hybridized carbons (Fsp3) is 0.857. The second-order valence-corrected chi connectivity index (χ2v) is 4.21. The molecule has 0 N–H and O–H groups in total. The molecule has 0 heterocycles. The highest BCUT2D eigenvalue weighted by molar-refractivity contribution is 4.87. The van der Waals surface area contributed by atoms with Crippen LogP contribution < -0.4 is 0 Å². The van der Waals surface area contributed by atoms with Crippen LogP contribution in [0.3, 0.4) is 0 Å². The molecule has 0 saturated carbocycles. The van der Waals surface area contributed by atoms with E-state index in [2.05, 4.69) is 32.9 Å². The molecule has 0 heteroatoms. The van der Waals surface area contributed by atoms with Crippen LogP contribution in [0.1, 0.15) is 72.1 Å². The van der Waals surface area contributed by atoms with Crippen molar-refractivity contribution in [2.75, 3.05) is 0 Å². The minimum absolute atomic E-state index is 0.825. The van der Waals surface area contributed by atoms with Crippen LogP contribution in [-0.4, -0.2) is 0 Å². The maximum absolute atomic E-state index is 2.42. The SMILES string of the molecule is CCCCCCC/C=C/C(CC)CC. The van der Waals surface area contributed by atoms with Gasteiger partial charge in [-0.2, -0.15) is 0 Å². The van der Waals surface area contributed by atoms with Crippen LogP contribution in [0.2, 0.25) is 0 Å². The standard InChI is InChI=1S/C14H28/c1-4-7-8-9-10-11-12-13-14(5-2)6-3/h12-14H,4-11H2,1-3H3/b13-12+. The molecular weight excluding hydrogens is 168 g/mol. The molecule has 0 aromatic rings. The average molecular weight is 196 g/mol. The van der Waals surface area contributed by atoms with E-state index < -0.39 is 0 Å². The molecule has 0 nitrogen and oxygen atoms in total. The molecule has 0 aliphatic heterocycles. The van der Waals surface area contributed by atoms with Crippen LogP contribution in [0.25, 0.3) is 0 Å². The normalized spacial score (nSPS) is 11.7. The summed E-state index contributed by atoms with van der Waals surface area (Å²) < 4.78 is 0. The van der Waals surface area contributed by atoms with Crippen LogP contribution in [0.5, 0.6) is 0 Å². The van der Waals surface area contributed by atoms with Crippen molar-refractivity contribution in [3.8, 4) is 0 Å². The fourth-order valence-electron chi connectivity index (χ4n) is 1.72. The molecule has 0 aromatic carbocycles. The zero-order chi connectivity index (χ0) is 10.6. The summed E-state index contributed by atoms with van der Waals surface area (Å²) in [6, 6.07) is 0. The van der Waals surface area contributed by atoms with Gasteiger partial charge in [-0.25, -0.2) is 0 Å². The Balaban J connectivity index is 3.25. The highest BCUT2D eigenvalue weighted by Gasteiger charge is 1.95. The van der Waals surface area contributed by atoms with Gasteiger partial charge < -0.3 is 0 Å².